The monoisotopic (exact) mass is 330 g/mol. The van der Waals surface area contributed by atoms with Crippen molar-refractivity contribution in [2.45, 2.75) is 18.7 Å². The van der Waals surface area contributed by atoms with Gasteiger partial charge in [-0.2, -0.15) is 0 Å². The quantitative estimate of drug-likeness (QED) is 0.887. The fourth-order valence-electron chi connectivity index (χ4n) is 2.60. The standard InChI is InChI=1S/C18H19FN2OS/c1-2-13-3-9-16(10-4-13)20-18(22)21-11-12-23-17(21)14-5-7-15(19)8-6-14/h3-10,17H,2,11-12H2,1H3,(H,20,22)/t17-/m1/s1. The molecule has 3 rings (SSSR count). The van der Waals surface area contributed by atoms with Gasteiger partial charge in [0, 0.05) is 18.0 Å². The third kappa shape index (κ3) is 3.67. The lowest BCUT2D eigenvalue weighted by atomic mass is 10.1. The predicted molar refractivity (Wildman–Crippen MR) is 93.1 cm³/mol. The molecule has 1 N–H and O–H groups in total. The second-order valence-corrected chi connectivity index (χ2v) is 6.64. The van der Waals surface area contributed by atoms with E-state index in [1.54, 1.807) is 28.8 Å². The summed E-state index contributed by atoms with van der Waals surface area (Å²) in [6.07, 6.45) is 0.976. The van der Waals surface area contributed by atoms with Gasteiger partial charge in [-0.3, -0.25) is 0 Å². The second kappa shape index (κ2) is 7.04. The Hall–Kier alpha value is -2.01. The van der Waals surface area contributed by atoms with E-state index in [0.29, 0.717) is 6.54 Å². The summed E-state index contributed by atoms with van der Waals surface area (Å²) in [5.41, 5.74) is 2.98. The topological polar surface area (TPSA) is 32.3 Å². The maximum Gasteiger partial charge on any atom is 0.323 e. The van der Waals surface area contributed by atoms with E-state index in [4.69, 9.17) is 0 Å². The molecule has 0 aromatic heterocycles. The molecule has 5 heteroatoms. The minimum Gasteiger partial charge on any atom is -0.308 e. The lowest BCUT2D eigenvalue weighted by molar-refractivity contribution is 0.214. The molecule has 0 unspecified atom stereocenters. The predicted octanol–water partition coefficient (Wildman–Crippen LogP) is 4.67. The zero-order valence-corrected chi connectivity index (χ0v) is 13.8. The number of nitrogens with zero attached hydrogens (tertiary/aromatic N) is 1. The molecule has 2 amide bonds. The summed E-state index contributed by atoms with van der Waals surface area (Å²) in [7, 11) is 0. The molecular weight excluding hydrogens is 311 g/mol. The molecule has 0 saturated carbocycles. The number of hydrogen-bond acceptors (Lipinski definition) is 2. The van der Waals surface area contributed by atoms with E-state index in [1.807, 2.05) is 24.3 Å². The van der Waals surface area contributed by atoms with E-state index >= 15 is 0 Å². The first kappa shape index (κ1) is 15.9. The second-order valence-electron chi connectivity index (χ2n) is 5.45. The highest BCUT2D eigenvalue weighted by atomic mass is 32.2. The number of thioether (sulfide) groups is 1. The van der Waals surface area contributed by atoms with Crippen molar-refractivity contribution in [1.29, 1.82) is 0 Å². The van der Waals surface area contributed by atoms with Gasteiger partial charge >= 0.3 is 6.03 Å². The lowest BCUT2D eigenvalue weighted by Gasteiger charge is -2.24. The van der Waals surface area contributed by atoms with Crippen LogP contribution in [0.1, 0.15) is 23.4 Å². The zero-order chi connectivity index (χ0) is 16.2. The van der Waals surface area contributed by atoms with Crippen LogP contribution in [0.2, 0.25) is 0 Å². The molecule has 120 valence electrons. The first-order valence-corrected chi connectivity index (χ1v) is 8.76. The Bertz CT molecular complexity index is 672. The molecule has 1 aliphatic rings. The van der Waals surface area contributed by atoms with Crippen LogP contribution < -0.4 is 5.32 Å². The Morgan fingerprint density at radius 1 is 1.22 bits per heavy atom. The van der Waals surface area contributed by atoms with Gasteiger partial charge in [-0.05, 0) is 41.8 Å². The van der Waals surface area contributed by atoms with Crippen LogP contribution in [0.4, 0.5) is 14.9 Å². The van der Waals surface area contributed by atoms with E-state index in [9.17, 15) is 9.18 Å². The fraction of sp³-hybridized carbons (Fsp3) is 0.278. The summed E-state index contributed by atoms with van der Waals surface area (Å²) in [6.45, 7) is 2.79. The number of nitrogens with one attached hydrogen (secondary N) is 1. The Kier molecular flexibility index (Phi) is 4.86. The molecule has 2 aromatic carbocycles. The minimum absolute atomic E-state index is 0.0643. The number of carbonyl (C=O) groups excluding carboxylic acids is 1. The number of benzene rings is 2. The Labute approximate surface area is 139 Å². The summed E-state index contributed by atoms with van der Waals surface area (Å²) in [5, 5.41) is 2.88. The van der Waals surface area contributed by atoms with Gasteiger partial charge < -0.3 is 10.2 Å². The van der Waals surface area contributed by atoms with Gasteiger partial charge in [-0.15, -0.1) is 11.8 Å². The molecule has 1 saturated heterocycles. The van der Waals surface area contributed by atoms with Gasteiger partial charge in [0.05, 0.1) is 0 Å². The molecule has 1 atom stereocenters. The maximum absolute atomic E-state index is 13.1. The average molecular weight is 330 g/mol. The number of halogens is 1. The van der Waals surface area contributed by atoms with E-state index < -0.39 is 0 Å². The number of aryl methyl sites for hydroxylation is 1. The third-order valence-electron chi connectivity index (χ3n) is 3.92. The molecule has 0 bridgehead atoms. The van der Waals surface area contributed by atoms with Crippen molar-refractivity contribution in [2.24, 2.45) is 0 Å². The summed E-state index contributed by atoms with van der Waals surface area (Å²) < 4.78 is 13.1. The molecule has 0 aliphatic carbocycles. The summed E-state index contributed by atoms with van der Waals surface area (Å²) in [5.74, 6) is 0.619. The van der Waals surface area contributed by atoms with Crippen LogP contribution in [-0.4, -0.2) is 23.2 Å². The highest BCUT2D eigenvalue weighted by molar-refractivity contribution is 7.99. The molecule has 2 aromatic rings. The largest absolute Gasteiger partial charge is 0.323 e. The summed E-state index contributed by atoms with van der Waals surface area (Å²) in [4.78, 5) is 14.3. The van der Waals surface area contributed by atoms with E-state index in [-0.39, 0.29) is 17.2 Å². The highest BCUT2D eigenvalue weighted by Crippen LogP contribution is 2.38. The van der Waals surface area contributed by atoms with Crippen molar-refractivity contribution in [2.75, 3.05) is 17.6 Å². The lowest BCUT2D eigenvalue weighted by Crippen LogP contribution is -2.34. The van der Waals surface area contributed by atoms with Crippen molar-refractivity contribution < 1.29 is 9.18 Å². The van der Waals surface area contributed by atoms with E-state index in [2.05, 4.69) is 12.2 Å². The molecule has 1 heterocycles. The molecule has 23 heavy (non-hydrogen) atoms. The Morgan fingerprint density at radius 2 is 1.91 bits per heavy atom. The first-order chi connectivity index (χ1) is 11.2. The van der Waals surface area contributed by atoms with Gasteiger partial charge in [0.2, 0.25) is 0 Å². The Balaban J connectivity index is 1.71. The number of carbonyl (C=O) groups is 1. The normalized spacial score (nSPS) is 17.3. The van der Waals surface area contributed by atoms with E-state index in [1.165, 1.54) is 17.7 Å². The third-order valence-corrected chi connectivity index (χ3v) is 5.18. The van der Waals surface area contributed by atoms with Crippen LogP contribution in [0, 0.1) is 5.82 Å². The van der Waals surface area contributed by atoms with Crippen molar-refractivity contribution in [3.8, 4) is 0 Å². The summed E-state index contributed by atoms with van der Waals surface area (Å²) in [6, 6.07) is 14.1. The van der Waals surface area contributed by atoms with Crippen molar-refractivity contribution in [3.63, 3.8) is 0 Å². The highest BCUT2D eigenvalue weighted by Gasteiger charge is 2.30. The molecule has 3 nitrogen and oxygen atoms in total. The fourth-order valence-corrected chi connectivity index (χ4v) is 3.86. The van der Waals surface area contributed by atoms with Gasteiger partial charge in [0.15, 0.2) is 0 Å². The van der Waals surface area contributed by atoms with Crippen LogP contribution in [0.25, 0.3) is 0 Å². The average Bonchev–Trinajstić information content (AvgIpc) is 3.06. The molecular formula is C18H19FN2OS. The number of hydrogen-bond donors (Lipinski definition) is 1. The Morgan fingerprint density at radius 3 is 2.57 bits per heavy atom. The maximum atomic E-state index is 13.1. The number of urea groups is 1. The van der Waals surface area contributed by atoms with E-state index in [0.717, 1.165) is 23.4 Å². The number of anilines is 1. The van der Waals surface area contributed by atoms with Gasteiger partial charge in [0.1, 0.15) is 11.2 Å². The van der Waals surface area contributed by atoms with Crippen LogP contribution >= 0.6 is 11.8 Å². The molecule has 1 fully saturated rings. The SMILES string of the molecule is CCc1ccc(NC(=O)N2CCS[C@@H]2c2ccc(F)cc2)cc1. The molecule has 1 aliphatic heterocycles. The first-order valence-electron chi connectivity index (χ1n) is 7.71. The van der Waals surface area contributed by atoms with Crippen molar-refractivity contribution in [1.82, 2.24) is 4.90 Å². The molecule has 0 spiro atoms. The number of amides is 2. The minimum atomic E-state index is -0.260. The smallest absolute Gasteiger partial charge is 0.308 e. The van der Waals surface area contributed by atoms with Gasteiger partial charge in [-0.1, -0.05) is 31.2 Å². The van der Waals surface area contributed by atoms with Crippen molar-refractivity contribution in [3.05, 3.63) is 65.5 Å². The van der Waals surface area contributed by atoms with Crippen LogP contribution in [0.15, 0.2) is 48.5 Å². The summed E-state index contributed by atoms with van der Waals surface area (Å²) >= 11 is 1.70. The van der Waals surface area contributed by atoms with Crippen LogP contribution in [0.3, 0.4) is 0 Å². The van der Waals surface area contributed by atoms with Gasteiger partial charge in [-0.25, -0.2) is 9.18 Å². The van der Waals surface area contributed by atoms with Gasteiger partial charge in [0.25, 0.3) is 0 Å². The van der Waals surface area contributed by atoms with Crippen LogP contribution in [0.5, 0.6) is 0 Å². The molecule has 0 radical (unpaired) electrons. The number of rotatable bonds is 3. The van der Waals surface area contributed by atoms with Crippen molar-refractivity contribution >= 4 is 23.5 Å². The zero-order valence-electron chi connectivity index (χ0n) is 13.0. The van der Waals surface area contributed by atoms with Crippen LogP contribution in [-0.2, 0) is 6.42 Å².